The summed E-state index contributed by atoms with van der Waals surface area (Å²) in [6, 6.07) is 3.54. The summed E-state index contributed by atoms with van der Waals surface area (Å²) in [5.41, 5.74) is 9.08. The van der Waals surface area contributed by atoms with E-state index < -0.39 is 12.0 Å². The molecule has 4 nitrogen and oxygen atoms in total. The highest BCUT2D eigenvalue weighted by Gasteiger charge is 2.45. The van der Waals surface area contributed by atoms with Gasteiger partial charge in [0.15, 0.2) is 0 Å². The third-order valence-electron chi connectivity index (χ3n) is 6.16. The van der Waals surface area contributed by atoms with Crippen LogP contribution in [0.3, 0.4) is 0 Å². The molecule has 1 aromatic rings. The lowest BCUT2D eigenvalue weighted by Crippen LogP contribution is -2.45. The number of allylic oxidation sites excluding steroid dienone is 2. The first kappa shape index (κ1) is 20.9. The van der Waals surface area contributed by atoms with Gasteiger partial charge in [-0.05, 0) is 71.1 Å². The minimum Gasteiger partial charge on any atom is -0.487 e. The number of fused-ring (bicyclic) bond motifs is 3. The summed E-state index contributed by atoms with van der Waals surface area (Å²) in [4.78, 5) is 12.3. The minimum atomic E-state index is -0.653. The van der Waals surface area contributed by atoms with E-state index in [1.54, 1.807) is 6.92 Å². The molecule has 1 heterocycles. The molecule has 0 aromatic heterocycles. The highest BCUT2D eigenvalue weighted by atomic mass is 16.5. The molecular weight excluding hydrogens is 350 g/mol. The predicted octanol–water partition coefficient (Wildman–Crippen LogP) is 5.28. The molecule has 0 saturated carbocycles. The van der Waals surface area contributed by atoms with Gasteiger partial charge >= 0.3 is 5.97 Å². The molecule has 28 heavy (non-hydrogen) atoms. The van der Waals surface area contributed by atoms with Crippen LogP contribution in [0.4, 0.5) is 0 Å². The van der Waals surface area contributed by atoms with E-state index in [1.807, 2.05) is 6.07 Å². The number of hydrogen-bond donors (Lipinski definition) is 1. The molecular formula is C24H35NO3. The van der Waals surface area contributed by atoms with Gasteiger partial charge < -0.3 is 15.2 Å². The van der Waals surface area contributed by atoms with Crippen LogP contribution in [-0.4, -0.2) is 17.6 Å². The summed E-state index contributed by atoms with van der Waals surface area (Å²) >= 11 is 0. The van der Waals surface area contributed by atoms with Crippen molar-refractivity contribution in [3.63, 3.8) is 0 Å². The highest BCUT2D eigenvalue weighted by Crippen LogP contribution is 2.53. The topological polar surface area (TPSA) is 61.5 Å². The van der Waals surface area contributed by atoms with Gasteiger partial charge in [0, 0.05) is 17.4 Å². The fourth-order valence-electron chi connectivity index (χ4n) is 4.57. The number of rotatable bonds is 6. The second-order valence-electron chi connectivity index (χ2n) is 9.06. The summed E-state index contributed by atoms with van der Waals surface area (Å²) in [5.74, 6) is 1.66. The van der Waals surface area contributed by atoms with E-state index in [4.69, 9.17) is 15.2 Å². The molecule has 0 radical (unpaired) electrons. The molecule has 0 saturated heterocycles. The zero-order valence-corrected chi connectivity index (χ0v) is 18.0. The molecule has 1 aliphatic heterocycles. The van der Waals surface area contributed by atoms with Crippen molar-refractivity contribution < 1.29 is 14.3 Å². The van der Waals surface area contributed by atoms with E-state index in [-0.39, 0.29) is 11.5 Å². The van der Waals surface area contributed by atoms with Crippen molar-refractivity contribution in [2.24, 2.45) is 11.7 Å². The Morgan fingerprint density at radius 3 is 2.79 bits per heavy atom. The van der Waals surface area contributed by atoms with Crippen molar-refractivity contribution in [1.29, 1.82) is 0 Å². The summed E-state index contributed by atoms with van der Waals surface area (Å²) in [6.07, 6.45) is 8.95. The molecule has 3 rings (SSSR count). The van der Waals surface area contributed by atoms with Crippen LogP contribution in [0.25, 0.3) is 0 Å². The van der Waals surface area contributed by atoms with Crippen molar-refractivity contribution in [1.82, 2.24) is 0 Å². The first-order valence-electron chi connectivity index (χ1n) is 10.7. The fraction of sp³-hybridized carbons (Fsp3) is 0.625. The van der Waals surface area contributed by atoms with Crippen LogP contribution < -0.4 is 15.2 Å². The van der Waals surface area contributed by atoms with Gasteiger partial charge in [0.05, 0.1) is 0 Å². The van der Waals surface area contributed by atoms with Gasteiger partial charge in [-0.15, -0.1) is 0 Å². The van der Waals surface area contributed by atoms with Crippen molar-refractivity contribution in [3.05, 3.63) is 34.9 Å². The van der Waals surface area contributed by atoms with Crippen LogP contribution >= 0.6 is 0 Å². The monoisotopic (exact) mass is 385 g/mol. The summed E-state index contributed by atoms with van der Waals surface area (Å²) in [5, 5.41) is 0. The third-order valence-corrected chi connectivity index (χ3v) is 6.16. The van der Waals surface area contributed by atoms with E-state index >= 15 is 0 Å². The van der Waals surface area contributed by atoms with Crippen LogP contribution in [-0.2, 0) is 11.2 Å². The lowest BCUT2D eigenvalue weighted by molar-refractivity contribution is -0.135. The maximum Gasteiger partial charge on any atom is 0.328 e. The zero-order valence-electron chi connectivity index (χ0n) is 18.0. The van der Waals surface area contributed by atoms with Gasteiger partial charge in [-0.25, -0.2) is 4.79 Å². The van der Waals surface area contributed by atoms with E-state index in [0.717, 1.165) is 42.6 Å². The van der Waals surface area contributed by atoms with Gasteiger partial charge in [0.2, 0.25) is 0 Å². The first-order chi connectivity index (χ1) is 13.2. The number of esters is 1. The quantitative estimate of drug-likeness (QED) is 0.313. The number of nitrogens with two attached hydrogens (primary N) is 1. The Bertz CT molecular complexity index is 763. The Morgan fingerprint density at radius 2 is 2.11 bits per heavy atom. The highest BCUT2D eigenvalue weighted by molar-refractivity contribution is 5.78. The van der Waals surface area contributed by atoms with Crippen molar-refractivity contribution >= 4 is 5.97 Å². The largest absolute Gasteiger partial charge is 0.487 e. The summed E-state index contributed by atoms with van der Waals surface area (Å²) in [7, 11) is 0. The number of ether oxygens (including phenoxy) is 2. The second-order valence-corrected chi connectivity index (χ2v) is 9.06. The summed E-state index contributed by atoms with van der Waals surface area (Å²) < 4.78 is 12.3. The number of hydrogen-bond acceptors (Lipinski definition) is 4. The Labute approximate surface area is 169 Å². The lowest BCUT2D eigenvalue weighted by atomic mass is 9.68. The van der Waals surface area contributed by atoms with Crippen LogP contribution in [0.1, 0.15) is 83.8 Å². The number of aryl methyl sites for hydroxylation is 1. The number of carbonyl (C=O) groups excluding carboxylic acids is 1. The maximum absolute atomic E-state index is 12.3. The Hall–Kier alpha value is -1.81. The molecule has 3 unspecified atom stereocenters. The fourth-order valence-corrected chi connectivity index (χ4v) is 4.57. The first-order valence-corrected chi connectivity index (χ1v) is 10.7. The minimum absolute atomic E-state index is 0.202. The van der Waals surface area contributed by atoms with Gasteiger partial charge in [-0.3, -0.25) is 0 Å². The molecule has 0 bridgehead atoms. The van der Waals surface area contributed by atoms with Crippen LogP contribution in [0.5, 0.6) is 11.5 Å². The molecule has 2 aliphatic rings. The maximum atomic E-state index is 12.3. The van der Waals surface area contributed by atoms with Crippen molar-refractivity contribution in [2.75, 3.05) is 0 Å². The molecule has 0 fully saturated rings. The van der Waals surface area contributed by atoms with Crippen molar-refractivity contribution in [2.45, 2.75) is 90.7 Å². The van der Waals surface area contributed by atoms with Crippen LogP contribution in [0, 0.1) is 5.92 Å². The van der Waals surface area contributed by atoms with E-state index in [0.29, 0.717) is 11.7 Å². The van der Waals surface area contributed by atoms with Crippen molar-refractivity contribution in [3.8, 4) is 11.5 Å². The van der Waals surface area contributed by atoms with Gasteiger partial charge in [0.25, 0.3) is 0 Å². The number of carbonyl (C=O) groups is 1. The standard InChI is InChI=1S/C24H35NO3/c1-6-7-8-9-17-13-20(27-23(26)16(3)25)22-18-12-15(2)10-11-19(18)24(4,5)28-21(22)14-17/h12-14,16,18-19H,6-11,25H2,1-5H3. The Morgan fingerprint density at radius 1 is 1.36 bits per heavy atom. The van der Waals surface area contributed by atoms with Crippen LogP contribution in [0.2, 0.25) is 0 Å². The van der Waals surface area contributed by atoms with Gasteiger partial charge in [-0.2, -0.15) is 0 Å². The molecule has 0 amide bonds. The average Bonchev–Trinajstić information content (AvgIpc) is 2.60. The lowest BCUT2D eigenvalue weighted by Gasteiger charge is -2.46. The number of unbranched alkanes of at least 4 members (excludes halogenated alkanes) is 2. The third kappa shape index (κ3) is 4.27. The van der Waals surface area contributed by atoms with E-state index in [9.17, 15) is 4.79 Å². The zero-order chi connectivity index (χ0) is 20.5. The molecule has 1 aromatic carbocycles. The smallest absolute Gasteiger partial charge is 0.328 e. The second kappa shape index (κ2) is 8.28. The molecule has 1 aliphatic carbocycles. The molecule has 2 N–H and O–H groups in total. The molecule has 0 spiro atoms. The SMILES string of the molecule is CCCCCc1cc(OC(=O)C(C)N)c2c(c1)OC(C)(C)C1CCC(C)=CC21. The predicted molar refractivity (Wildman–Crippen MR) is 113 cm³/mol. The number of benzene rings is 1. The van der Waals surface area contributed by atoms with E-state index in [1.165, 1.54) is 18.4 Å². The van der Waals surface area contributed by atoms with Crippen LogP contribution in [0.15, 0.2) is 23.8 Å². The van der Waals surface area contributed by atoms with Gasteiger partial charge in [0.1, 0.15) is 23.1 Å². The Balaban J connectivity index is 2.08. The molecule has 4 heteroatoms. The van der Waals surface area contributed by atoms with Gasteiger partial charge in [-0.1, -0.05) is 31.4 Å². The average molecular weight is 386 g/mol. The normalized spacial score (nSPS) is 23.7. The summed E-state index contributed by atoms with van der Waals surface area (Å²) in [6.45, 7) is 10.4. The Kier molecular flexibility index (Phi) is 6.18. The molecule has 154 valence electrons. The van der Waals surface area contributed by atoms with E-state index in [2.05, 4.69) is 39.8 Å². The molecule has 3 atom stereocenters.